The van der Waals surface area contributed by atoms with E-state index in [0.29, 0.717) is 12.1 Å². The van der Waals surface area contributed by atoms with Crippen LogP contribution in [0.1, 0.15) is 43.4 Å². The van der Waals surface area contributed by atoms with Gasteiger partial charge in [-0.05, 0) is 72.3 Å². The van der Waals surface area contributed by atoms with Crippen LogP contribution >= 0.6 is 11.3 Å². The molecule has 1 aliphatic carbocycles. The van der Waals surface area contributed by atoms with Crippen molar-refractivity contribution in [1.29, 1.82) is 0 Å². The van der Waals surface area contributed by atoms with Gasteiger partial charge < -0.3 is 10.1 Å². The quantitative estimate of drug-likeness (QED) is 0.771. The van der Waals surface area contributed by atoms with Crippen LogP contribution in [0.5, 0.6) is 5.75 Å². The van der Waals surface area contributed by atoms with E-state index in [0.717, 1.165) is 25.1 Å². The minimum atomic E-state index is 0.363. The van der Waals surface area contributed by atoms with Crippen molar-refractivity contribution in [3.05, 3.63) is 52.2 Å². The van der Waals surface area contributed by atoms with Crippen LogP contribution in [-0.4, -0.2) is 12.6 Å². The lowest BCUT2D eigenvalue weighted by Gasteiger charge is -2.19. The van der Waals surface area contributed by atoms with Gasteiger partial charge in [0.25, 0.3) is 0 Å². The lowest BCUT2D eigenvalue weighted by Crippen LogP contribution is -2.24. The Kier molecular flexibility index (Phi) is 4.94. The highest BCUT2D eigenvalue weighted by atomic mass is 32.1. The summed E-state index contributed by atoms with van der Waals surface area (Å²) in [5.41, 5.74) is 2.73. The van der Waals surface area contributed by atoms with E-state index >= 15 is 0 Å². The highest BCUT2D eigenvalue weighted by Gasteiger charge is 2.23. The van der Waals surface area contributed by atoms with E-state index in [9.17, 15) is 0 Å². The first-order valence-electron chi connectivity index (χ1n) is 7.86. The number of thiophene rings is 1. The number of rotatable bonds is 8. The molecule has 3 rings (SSSR count). The zero-order valence-electron chi connectivity index (χ0n) is 12.5. The van der Waals surface area contributed by atoms with Gasteiger partial charge >= 0.3 is 0 Å². The molecule has 0 saturated heterocycles. The van der Waals surface area contributed by atoms with Crippen molar-refractivity contribution in [1.82, 2.24) is 5.32 Å². The number of benzene rings is 1. The highest BCUT2D eigenvalue weighted by molar-refractivity contribution is 7.07. The molecule has 1 heterocycles. The molecule has 1 N–H and O–H groups in total. The Morgan fingerprint density at radius 1 is 1.33 bits per heavy atom. The van der Waals surface area contributed by atoms with E-state index < -0.39 is 0 Å². The van der Waals surface area contributed by atoms with Crippen LogP contribution in [0.25, 0.3) is 0 Å². The Morgan fingerprint density at radius 2 is 2.24 bits per heavy atom. The summed E-state index contributed by atoms with van der Waals surface area (Å²) in [5, 5.41) is 8.06. The van der Waals surface area contributed by atoms with Gasteiger partial charge in [0.2, 0.25) is 0 Å². The van der Waals surface area contributed by atoms with Gasteiger partial charge in [0.05, 0.1) is 6.10 Å². The number of hydrogen-bond acceptors (Lipinski definition) is 3. The Morgan fingerprint density at radius 3 is 2.95 bits per heavy atom. The van der Waals surface area contributed by atoms with Crippen molar-refractivity contribution in [2.45, 2.75) is 44.8 Å². The van der Waals surface area contributed by atoms with Crippen molar-refractivity contribution in [3.8, 4) is 5.75 Å². The smallest absolute Gasteiger partial charge is 0.120 e. The molecule has 1 aromatic carbocycles. The maximum Gasteiger partial charge on any atom is 0.120 e. The normalized spacial score (nSPS) is 15.9. The Balaban J connectivity index is 1.73. The van der Waals surface area contributed by atoms with Crippen LogP contribution in [0, 0.1) is 0 Å². The lowest BCUT2D eigenvalue weighted by atomic mass is 10.00. The molecule has 0 aliphatic heterocycles. The second-order valence-electron chi connectivity index (χ2n) is 5.73. The van der Waals surface area contributed by atoms with E-state index in [4.69, 9.17) is 4.74 Å². The molecule has 0 amide bonds. The SMILES string of the molecule is CCCNC(Cc1ccsc1)c1cccc(OC2CC2)c1. The predicted octanol–water partition coefficient (Wildman–Crippen LogP) is 4.57. The van der Waals surface area contributed by atoms with Crippen molar-refractivity contribution in [2.75, 3.05) is 6.54 Å². The summed E-state index contributed by atoms with van der Waals surface area (Å²) >= 11 is 1.77. The zero-order valence-corrected chi connectivity index (χ0v) is 13.4. The summed E-state index contributed by atoms with van der Waals surface area (Å²) in [6, 6.07) is 11.2. The van der Waals surface area contributed by atoms with Gasteiger partial charge in [0, 0.05) is 6.04 Å². The van der Waals surface area contributed by atoms with E-state index in [-0.39, 0.29) is 0 Å². The molecular weight excluding hydrogens is 278 g/mol. The number of hydrogen-bond donors (Lipinski definition) is 1. The van der Waals surface area contributed by atoms with Crippen LogP contribution in [0.2, 0.25) is 0 Å². The summed E-state index contributed by atoms with van der Waals surface area (Å²) < 4.78 is 5.93. The minimum absolute atomic E-state index is 0.363. The fourth-order valence-corrected chi connectivity index (χ4v) is 3.14. The average molecular weight is 301 g/mol. The first kappa shape index (κ1) is 14.6. The molecule has 2 nitrogen and oxygen atoms in total. The van der Waals surface area contributed by atoms with E-state index in [1.165, 1.54) is 24.0 Å². The molecule has 1 atom stereocenters. The van der Waals surface area contributed by atoms with Crippen LogP contribution in [0.4, 0.5) is 0 Å². The monoisotopic (exact) mass is 301 g/mol. The molecule has 0 radical (unpaired) electrons. The summed E-state index contributed by atoms with van der Waals surface area (Å²) in [7, 11) is 0. The molecule has 21 heavy (non-hydrogen) atoms. The summed E-state index contributed by atoms with van der Waals surface area (Å²) in [5.74, 6) is 1.02. The van der Waals surface area contributed by atoms with Gasteiger partial charge in [-0.2, -0.15) is 11.3 Å². The van der Waals surface area contributed by atoms with Crippen molar-refractivity contribution < 1.29 is 4.74 Å². The standard InChI is InChI=1S/C18H23NOS/c1-2-9-19-18(11-14-8-10-21-13-14)15-4-3-5-17(12-15)20-16-6-7-16/h3-5,8,10,12-13,16,18-19H,2,6-7,9,11H2,1H3. The molecule has 3 heteroatoms. The van der Waals surface area contributed by atoms with Gasteiger partial charge in [-0.25, -0.2) is 0 Å². The maximum atomic E-state index is 5.93. The van der Waals surface area contributed by atoms with Crippen molar-refractivity contribution in [2.24, 2.45) is 0 Å². The fourth-order valence-electron chi connectivity index (χ4n) is 2.45. The van der Waals surface area contributed by atoms with Gasteiger partial charge in [0.1, 0.15) is 5.75 Å². The molecule has 1 aliphatic rings. The van der Waals surface area contributed by atoms with E-state index in [1.807, 2.05) is 0 Å². The summed E-state index contributed by atoms with van der Waals surface area (Å²) in [6.07, 6.45) is 5.06. The third kappa shape index (κ3) is 4.32. The van der Waals surface area contributed by atoms with E-state index in [2.05, 4.69) is 53.3 Å². The number of nitrogens with one attached hydrogen (secondary N) is 1. The Bertz CT molecular complexity index is 548. The third-order valence-electron chi connectivity index (χ3n) is 3.75. The first-order chi connectivity index (χ1) is 10.3. The van der Waals surface area contributed by atoms with Gasteiger partial charge in [-0.15, -0.1) is 0 Å². The summed E-state index contributed by atoms with van der Waals surface area (Å²) in [6.45, 7) is 3.25. The van der Waals surface area contributed by atoms with Crippen LogP contribution < -0.4 is 10.1 Å². The molecule has 0 bridgehead atoms. The van der Waals surface area contributed by atoms with Gasteiger partial charge in [-0.1, -0.05) is 19.1 Å². The first-order valence-corrected chi connectivity index (χ1v) is 8.80. The van der Waals surface area contributed by atoms with Crippen LogP contribution in [0.15, 0.2) is 41.1 Å². The fraction of sp³-hybridized carbons (Fsp3) is 0.444. The molecule has 1 fully saturated rings. The molecular formula is C18H23NOS. The van der Waals surface area contributed by atoms with Crippen LogP contribution in [-0.2, 0) is 6.42 Å². The topological polar surface area (TPSA) is 21.3 Å². The second-order valence-corrected chi connectivity index (χ2v) is 6.51. The largest absolute Gasteiger partial charge is 0.490 e. The molecule has 1 saturated carbocycles. The molecule has 1 unspecified atom stereocenters. The van der Waals surface area contributed by atoms with Gasteiger partial charge in [0.15, 0.2) is 0 Å². The second kappa shape index (κ2) is 7.10. The van der Waals surface area contributed by atoms with Crippen molar-refractivity contribution >= 4 is 11.3 Å². The highest BCUT2D eigenvalue weighted by Crippen LogP contribution is 2.29. The average Bonchev–Trinajstić information content (AvgIpc) is 3.16. The zero-order chi connectivity index (χ0) is 14.5. The predicted molar refractivity (Wildman–Crippen MR) is 89.1 cm³/mol. The maximum absolute atomic E-state index is 5.93. The Labute approximate surface area is 131 Å². The molecule has 112 valence electrons. The van der Waals surface area contributed by atoms with Crippen molar-refractivity contribution in [3.63, 3.8) is 0 Å². The minimum Gasteiger partial charge on any atom is -0.490 e. The van der Waals surface area contributed by atoms with Gasteiger partial charge in [-0.3, -0.25) is 0 Å². The van der Waals surface area contributed by atoms with Crippen LogP contribution in [0.3, 0.4) is 0 Å². The molecule has 1 aromatic heterocycles. The van der Waals surface area contributed by atoms with E-state index in [1.54, 1.807) is 11.3 Å². The number of ether oxygens (including phenoxy) is 1. The molecule has 2 aromatic rings. The Hall–Kier alpha value is -1.32. The summed E-state index contributed by atoms with van der Waals surface area (Å²) in [4.78, 5) is 0. The third-order valence-corrected chi connectivity index (χ3v) is 4.48. The molecule has 0 spiro atoms. The lowest BCUT2D eigenvalue weighted by molar-refractivity contribution is 0.302.